The van der Waals surface area contributed by atoms with Crippen molar-refractivity contribution >= 4 is 17.7 Å². The second-order valence-corrected chi connectivity index (χ2v) is 14.6. The normalized spacial score (nSPS) is 13.8. The molecule has 0 saturated carbocycles. The van der Waals surface area contributed by atoms with Crippen LogP contribution in [0.4, 0.5) is 0 Å². The van der Waals surface area contributed by atoms with Crippen molar-refractivity contribution in [2.24, 2.45) is 5.92 Å². The smallest absolute Gasteiger partial charge is 0.0992 e. The highest BCUT2D eigenvalue weighted by atomic mass is 35.5. The summed E-state index contributed by atoms with van der Waals surface area (Å²) < 4.78 is 0. The lowest BCUT2D eigenvalue weighted by atomic mass is 9.90. The van der Waals surface area contributed by atoms with Crippen molar-refractivity contribution in [1.29, 1.82) is 10.5 Å². The fourth-order valence-electron chi connectivity index (χ4n) is 7.66. The Bertz CT molecular complexity index is 1830. The number of aryl methyl sites for hydroxylation is 5. The summed E-state index contributed by atoms with van der Waals surface area (Å²) in [4.78, 5) is 2.68. The Hall–Kier alpha value is -4.15. The third-order valence-electron chi connectivity index (χ3n) is 10.8. The van der Waals surface area contributed by atoms with Gasteiger partial charge in [-0.1, -0.05) is 94.4 Å². The molecule has 0 radical (unpaired) electrons. The highest BCUT2D eigenvalue weighted by molar-refractivity contribution is 6.31. The predicted molar refractivity (Wildman–Crippen MR) is 222 cm³/mol. The molecule has 0 aromatic heterocycles. The molecule has 52 heavy (non-hydrogen) atoms. The molecular formula is C48H58ClN3. The minimum absolute atomic E-state index is 0.522. The number of piperidine rings is 1. The third-order valence-corrected chi connectivity index (χ3v) is 11.1. The van der Waals surface area contributed by atoms with E-state index in [-0.39, 0.29) is 0 Å². The molecule has 1 fully saturated rings. The van der Waals surface area contributed by atoms with Gasteiger partial charge >= 0.3 is 0 Å². The van der Waals surface area contributed by atoms with Gasteiger partial charge in [-0.25, -0.2) is 0 Å². The predicted octanol–water partition coefficient (Wildman–Crippen LogP) is 12.3. The molecule has 4 heteroatoms. The van der Waals surface area contributed by atoms with Crippen LogP contribution < -0.4 is 0 Å². The molecule has 2 aliphatic rings. The van der Waals surface area contributed by atoms with Gasteiger partial charge in [0.25, 0.3) is 0 Å². The Labute approximate surface area is 320 Å². The molecule has 272 valence electrons. The number of hydrogen-bond acceptors (Lipinski definition) is 3. The maximum Gasteiger partial charge on any atom is 0.0992 e. The van der Waals surface area contributed by atoms with Gasteiger partial charge in [0.05, 0.1) is 23.3 Å². The molecule has 1 aliphatic heterocycles. The first-order valence-corrected chi connectivity index (χ1v) is 20.0. The summed E-state index contributed by atoms with van der Waals surface area (Å²) >= 11 is 6.26. The molecular weight excluding hydrogens is 654 g/mol. The summed E-state index contributed by atoms with van der Waals surface area (Å²) in [6.45, 7) is 18.6. The summed E-state index contributed by atoms with van der Waals surface area (Å²) in [5, 5.41) is 18.9. The van der Waals surface area contributed by atoms with Crippen LogP contribution >= 0.6 is 11.6 Å². The number of likely N-dealkylation sites (tertiary alicyclic amines) is 1. The van der Waals surface area contributed by atoms with Crippen LogP contribution in [0.1, 0.15) is 115 Å². The minimum Gasteiger partial charge on any atom is -0.303 e. The number of rotatable bonds is 11. The molecule has 4 aromatic rings. The monoisotopic (exact) mass is 711 g/mol. The van der Waals surface area contributed by atoms with Crippen LogP contribution in [0, 0.1) is 35.5 Å². The van der Waals surface area contributed by atoms with Crippen LogP contribution in [-0.4, -0.2) is 24.5 Å². The van der Waals surface area contributed by atoms with E-state index in [0.29, 0.717) is 11.1 Å². The lowest BCUT2D eigenvalue weighted by Crippen LogP contribution is -2.33. The van der Waals surface area contributed by atoms with Gasteiger partial charge < -0.3 is 4.90 Å². The zero-order chi connectivity index (χ0) is 37.5. The quantitative estimate of drug-likeness (QED) is 0.146. The number of hydrogen-bond donors (Lipinski definition) is 0. The van der Waals surface area contributed by atoms with Crippen molar-refractivity contribution < 1.29 is 0 Å². The van der Waals surface area contributed by atoms with Crippen LogP contribution in [0.5, 0.6) is 0 Å². The zero-order valence-electron chi connectivity index (χ0n) is 32.3. The SMILES string of the molecule is C=Cc1cc(Cl)c(CC)cc1CCc1cc(C#N)cc(C#N)c1.CC.Cc1c(CCCCN2CCC(C)CC2)cccc1-c1cccc2c1CCC2. The van der Waals surface area contributed by atoms with Crippen LogP contribution in [0.2, 0.25) is 5.02 Å². The molecule has 6 rings (SSSR count). The molecule has 1 saturated heterocycles. The maximum absolute atomic E-state index is 9.06. The summed E-state index contributed by atoms with van der Waals surface area (Å²) in [5.74, 6) is 0.936. The second-order valence-electron chi connectivity index (χ2n) is 14.2. The van der Waals surface area contributed by atoms with Gasteiger partial charge in [-0.2, -0.15) is 10.5 Å². The van der Waals surface area contributed by atoms with E-state index in [1.807, 2.05) is 38.1 Å². The molecule has 0 unspecified atom stereocenters. The number of benzene rings is 4. The van der Waals surface area contributed by atoms with Crippen LogP contribution in [-0.2, 0) is 38.5 Å². The number of nitrogens with zero attached hydrogens (tertiary/aromatic N) is 3. The van der Waals surface area contributed by atoms with Gasteiger partial charge in [-0.05, 0) is 183 Å². The molecule has 0 N–H and O–H groups in total. The van der Waals surface area contributed by atoms with Gasteiger partial charge in [0.15, 0.2) is 0 Å². The van der Waals surface area contributed by atoms with E-state index < -0.39 is 0 Å². The molecule has 0 amide bonds. The molecule has 1 heterocycles. The average Bonchev–Trinajstić information content (AvgIpc) is 3.67. The average molecular weight is 712 g/mol. The Balaban J connectivity index is 0.000000225. The van der Waals surface area contributed by atoms with Crippen molar-refractivity contribution in [3.05, 3.63) is 134 Å². The number of halogens is 1. The minimum atomic E-state index is 0.522. The first-order valence-electron chi connectivity index (χ1n) is 19.6. The van der Waals surface area contributed by atoms with E-state index in [2.05, 4.69) is 86.9 Å². The Kier molecular flexibility index (Phi) is 16.2. The van der Waals surface area contributed by atoms with Gasteiger partial charge in [0.2, 0.25) is 0 Å². The second kappa shape index (κ2) is 20.8. The molecule has 1 aliphatic carbocycles. The Morgan fingerprint density at radius 2 is 1.52 bits per heavy atom. The largest absolute Gasteiger partial charge is 0.303 e. The van der Waals surface area contributed by atoms with E-state index in [1.165, 1.54) is 93.3 Å². The summed E-state index contributed by atoms with van der Waals surface area (Å²) in [5.41, 5.74) is 14.6. The highest BCUT2D eigenvalue weighted by Crippen LogP contribution is 2.35. The van der Waals surface area contributed by atoms with Crippen molar-refractivity contribution in [3.8, 4) is 23.3 Å². The lowest BCUT2D eigenvalue weighted by Gasteiger charge is -2.30. The van der Waals surface area contributed by atoms with E-state index in [9.17, 15) is 0 Å². The van der Waals surface area contributed by atoms with Gasteiger partial charge in [-0.15, -0.1) is 0 Å². The van der Waals surface area contributed by atoms with Crippen molar-refractivity contribution in [1.82, 2.24) is 4.90 Å². The first-order chi connectivity index (χ1) is 25.3. The van der Waals surface area contributed by atoms with Gasteiger partial charge in [0.1, 0.15) is 0 Å². The van der Waals surface area contributed by atoms with Gasteiger partial charge in [-0.3, -0.25) is 0 Å². The Morgan fingerprint density at radius 1 is 0.827 bits per heavy atom. The summed E-state index contributed by atoms with van der Waals surface area (Å²) in [6, 6.07) is 27.5. The van der Waals surface area contributed by atoms with Crippen molar-refractivity contribution in [2.45, 2.75) is 105 Å². The van der Waals surface area contributed by atoms with Crippen LogP contribution in [0.3, 0.4) is 0 Å². The molecule has 0 bridgehead atoms. The van der Waals surface area contributed by atoms with E-state index in [1.54, 1.807) is 22.8 Å². The lowest BCUT2D eigenvalue weighted by molar-refractivity contribution is 0.189. The first kappa shape index (κ1) is 40.6. The van der Waals surface area contributed by atoms with E-state index in [0.717, 1.165) is 46.9 Å². The maximum atomic E-state index is 9.06. The van der Waals surface area contributed by atoms with Crippen LogP contribution in [0.25, 0.3) is 17.2 Å². The molecule has 3 nitrogen and oxygen atoms in total. The van der Waals surface area contributed by atoms with E-state index >= 15 is 0 Å². The van der Waals surface area contributed by atoms with Crippen molar-refractivity contribution in [3.63, 3.8) is 0 Å². The summed E-state index contributed by atoms with van der Waals surface area (Å²) in [6.07, 6.45) is 14.7. The number of nitriles is 2. The van der Waals surface area contributed by atoms with E-state index in [4.69, 9.17) is 22.1 Å². The highest BCUT2D eigenvalue weighted by Gasteiger charge is 2.18. The molecule has 0 atom stereocenters. The fourth-order valence-corrected chi connectivity index (χ4v) is 7.97. The Morgan fingerprint density at radius 3 is 2.19 bits per heavy atom. The van der Waals surface area contributed by atoms with Crippen LogP contribution in [0.15, 0.2) is 73.3 Å². The third kappa shape index (κ3) is 10.9. The number of fused-ring (bicyclic) bond motifs is 1. The topological polar surface area (TPSA) is 50.8 Å². The zero-order valence-corrected chi connectivity index (χ0v) is 33.1. The fraction of sp³-hybridized carbons (Fsp3) is 0.417. The standard InChI is InChI=1S/C26H35N.C20H17ClN2.C2H6/c1-20-15-18-27(19-16-20)17-4-3-8-22-9-5-12-24(21(22)2)26-14-7-11-23-10-6-13-25(23)26;1-3-17-11-20(21)18(4-2)10-19(17)6-5-14-7-15(12-22)9-16(8-14)13-23;1-2/h5,7,9,11-12,14,20H,3-4,6,8,10,13,15-19H2,1-2H3;3,7-11H,1,4-6H2,2H3;1-2H3. The van der Waals surface area contributed by atoms with Crippen molar-refractivity contribution in [2.75, 3.05) is 19.6 Å². The number of unbranched alkanes of at least 4 members (excludes halogenated alkanes) is 1. The molecule has 4 aromatic carbocycles. The molecule has 0 spiro atoms. The van der Waals surface area contributed by atoms with Gasteiger partial charge in [0, 0.05) is 5.02 Å². The summed E-state index contributed by atoms with van der Waals surface area (Å²) in [7, 11) is 0.